The second kappa shape index (κ2) is 19.5. The van der Waals surface area contributed by atoms with E-state index >= 15 is 0 Å². The number of aliphatic hydroxyl groups is 2. The minimum atomic E-state index is -0.909. The number of aliphatic hydroxyl groups excluding tert-OH is 2. The molecule has 0 spiro atoms. The number of benzene rings is 2. The monoisotopic (exact) mass is 890 g/mol. The second-order valence-electron chi connectivity index (χ2n) is 16.4. The molecule has 0 saturated carbocycles. The number of aryl methyl sites for hydroxylation is 3. The maximum atomic E-state index is 14.6. The molecule has 2 saturated heterocycles. The number of aromatic nitrogens is 4. The third-order valence-electron chi connectivity index (χ3n) is 11.9. The quantitative estimate of drug-likeness (QED) is 0.102. The molecule has 17 nitrogen and oxygen atoms in total. The van der Waals surface area contributed by atoms with Crippen molar-refractivity contribution in [1.29, 1.82) is 0 Å². The van der Waals surface area contributed by atoms with E-state index < -0.39 is 42.0 Å². The van der Waals surface area contributed by atoms with Crippen molar-refractivity contribution in [1.82, 2.24) is 40.7 Å². The van der Waals surface area contributed by atoms with E-state index in [0.717, 1.165) is 32.7 Å². The molecule has 4 N–H and O–H groups in total. The zero-order valence-corrected chi connectivity index (χ0v) is 36.5. The van der Waals surface area contributed by atoms with Crippen LogP contribution in [0, 0.1) is 13.8 Å². The molecule has 6 aromatic rings. The molecular weight excluding hydrogens is 841 g/mol. The van der Waals surface area contributed by atoms with Gasteiger partial charge in [-0.05, 0) is 55.4 Å². The highest BCUT2D eigenvalue weighted by molar-refractivity contribution is 7.13. The van der Waals surface area contributed by atoms with E-state index in [1.54, 1.807) is 55.2 Å². The number of rotatable bonds is 16. The van der Waals surface area contributed by atoms with Gasteiger partial charge < -0.3 is 44.1 Å². The van der Waals surface area contributed by atoms with Crippen molar-refractivity contribution >= 4 is 35.0 Å². The Labute approximate surface area is 372 Å². The molecular formula is C46H50N8O9S. The van der Waals surface area contributed by atoms with E-state index in [0.29, 0.717) is 41.5 Å². The van der Waals surface area contributed by atoms with Gasteiger partial charge in [-0.2, -0.15) is 0 Å². The van der Waals surface area contributed by atoms with Crippen molar-refractivity contribution in [2.45, 2.75) is 102 Å². The summed E-state index contributed by atoms with van der Waals surface area (Å²) < 4.78 is 16.8. The molecule has 0 unspecified atom stereocenters. The summed E-state index contributed by atoms with van der Waals surface area (Å²) in [5, 5.41) is 35.3. The lowest BCUT2D eigenvalue weighted by Crippen LogP contribution is -2.47. The van der Waals surface area contributed by atoms with Crippen molar-refractivity contribution in [3.05, 3.63) is 118 Å². The van der Waals surface area contributed by atoms with E-state index in [4.69, 9.17) is 13.5 Å². The fourth-order valence-corrected chi connectivity index (χ4v) is 9.23. The lowest BCUT2D eigenvalue weighted by atomic mass is 9.91. The number of carbonyl (C=O) groups is 4. The van der Waals surface area contributed by atoms with Gasteiger partial charge in [0.1, 0.15) is 23.6 Å². The number of amides is 4. The summed E-state index contributed by atoms with van der Waals surface area (Å²) in [5.74, 6) is -1.74. The normalized spacial score (nSPS) is 19.5. The number of likely N-dealkylation sites (tertiary alicyclic amines) is 2. The first kappa shape index (κ1) is 44.1. The number of hydrogen-bond donors (Lipinski definition) is 4. The number of carbonyl (C=O) groups excluding carboxylic acids is 4. The predicted octanol–water partition coefficient (Wildman–Crippen LogP) is 4.82. The summed E-state index contributed by atoms with van der Waals surface area (Å²) in [7, 11) is 0. The van der Waals surface area contributed by atoms with Crippen molar-refractivity contribution < 1.29 is 42.9 Å². The van der Waals surface area contributed by atoms with Crippen LogP contribution >= 0.6 is 11.3 Å². The van der Waals surface area contributed by atoms with E-state index in [-0.39, 0.29) is 63.2 Å². The van der Waals surface area contributed by atoms with Crippen LogP contribution in [0.25, 0.3) is 21.8 Å². The number of oxazole rings is 1. The van der Waals surface area contributed by atoms with Crippen molar-refractivity contribution in [2.75, 3.05) is 13.1 Å². The largest absolute Gasteiger partial charge is 0.444 e. The number of nitrogens with zero attached hydrogens (tertiary/aromatic N) is 6. The molecule has 2 aliphatic rings. The average molecular weight is 891 g/mol. The molecule has 6 heterocycles. The predicted molar refractivity (Wildman–Crippen MR) is 232 cm³/mol. The third-order valence-corrected chi connectivity index (χ3v) is 12.7. The van der Waals surface area contributed by atoms with Crippen LogP contribution in [0.5, 0.6) is 0 Å². The molecule has 0 bridgehead atoms. The number of nitrogens with one attached hydrogen (secondary N) is 2. The molecule has 8 rings (SSSR count). The highest BCUT2D eigenvalue weighted by Crippen LogP contribution is 2.33. The minimum absolute atomic E-state index is 0.0202. The summed E-state index contributed by atoms with van der Waals surface area (Å²) in [6, 6.07) is 15.0. The van der Waals surface area contributed by atoms with Crippen LogP contribution in [0.15, 0.2) is 92.4 Å². The third kappa shape index (κ3) is 9.83. The molecule has 0 radical (unpaired) electrons. The van der Waals surface area contributed by atoms with Gasteiger partial charge in [0, 0.05) is 62.9 Å². The number of β-amino-alcohol motifs (C(OH)–C–C–N with tert-alkyl or cyclic N) is 2. The fraction of sp³-hybridized carbons (Fsp3) is 0.391. The molecule has 64 heavy (non-hydrogen) atoms. The van der Waals surface area contributed by atoms with Gasteiger partial charge in [-0.25, -0.2) is 4.98 Å². The van der Waals surface area contributed by atoms with Crippen LogP contribution in [0.2, 0.25) is 0 Å². The van der Waals surface area contributed by atoms with Gasteiger partial charge in [0.25, 0.3) is 0 Å². The molecule has 2 fully saturated rings. The van der Waals surface area contributed by atoms with Gasteiger partial charge in [0.15, 0.2) is 12.2 Å². The Bertz CT molecular complexity index is 2560. The Kier molecular flexibility index (Phi) is 13.4. The molecule has 6 atom stereocenters. The lowest BCUT2D eigenvalue weighted by molar-refractivity contribution is -0.140. The molecule has 334 valence electrons. The Morgan fingerprint density at radius 2 is 1.38 bits per heavy atom. The van der Waals surface area contributed by atoms with Gasteiger partial charge >= 0.3 is 0 Å². The Morgan fingerprint density at radius 1 is 0.781 bits per heavy atom. The smallest absolute Gasteiger partial charge is 0.243 e. The summed E-state index contributed by atoms with van der Waals surface area (Å²) in [6.07, 6.45) is 4.12. The van der Waals surface area contributed by atoms with Crippen LogP contribution in [0.4, 0.5) is 0 Å². The first-order valence-corrected chi connectivity index (χ1v) is 22.2. The number of thiazole rings is 1. The summed E-state index contributed by atoms with van der Waals surface area (Å²) in [5.41, 5.74) is 7.15. The van der Waals surface area contributed by atoms with E-state index in [1.165, 1.54) is 16.2 Å². The first-order chi connectivity index (χ1) is 30.9. The first-order valence-electron chi connectivity index (χ1n) is 21.3. The molecule has 4 aromatic heterocycles. The lowest BCUT2D eigenvalue weighted by Gasteiger charge is -2.27. The highest BCUT2D eigenvalue weighted by Gasteiger charge is 2.43. The zero-order chi connectivity index (χ0) is 44.9. The second-order valence-corrected chi connectivity index (χ2v) is 17.3. The van der Waals surface area contributed by atoms with Crippen molar-refractivity contribution in [3.63, 3.8) is 0 Å². The van der Waals surface area contributed by atoms with Crippen LogP contribution in [-0.2, 0) is 38.7 Å². The summed E-state index contributed by atoms with van der Waals surface area (Å²) in [6.45, 7) is 5.73. The van der Waals surface area contributed by atoms with Crippen molar-refractivity contribution in [3.8, 4) is 21.8 Å². The van der Waals surface area contributed by atoms with Gasteiger partial charge in [-0.3, -0.25) is 24.2 Å². The Morgan fingerprint density at radius 3 is 1.92 bits per heavy atom. The van der Waals surface area contributed by atoms with E-state index in [1.807, 2.05) is 49.4 Å². The Balaban J connectivity index is 0.966. The van der Waals surface area contributed by atoms with Gasteiger partial charge in [0.05, 0.1) is 52.0 Å². The molecule has 2 aliphatic heterocycles. The SMILES string of the molecule is CC[C@@H](C(=O)N1C[C@H](O)C[C@H]1C(=O)NCc1ccc(-c2cnco2)c(CC[C@@H](C(=O)N2C[C@H](O)C[C@H]2C(=O)NCc2ccc(-c3cncs3)cc2)c2cc(C)no2)c1)c1cc(C)no1. The fourth-order valence-electron chi connectivity index (χ4n) is 8.60. The standard InChI is InChI=1S/C46H50N8O9S/c1-4-34(39-13-26(2)51-62-39)45(59)53-22-32(55)16-37(53)44(58)50-19-29-7-11-35(41-20-47-24-61-41)31(15-29)10-12-36(40-14-27(3)52-63-40)46(60)54-23-33(56)17-38(54)43(57)49-18-28-5-8-30(9-6-28)42-21-48-25-64-42/h5-9,11,13-15,20-21,24-25,32-34,36-38,55-56H,4,10,12,16-19,22-23H2,1-3H3,(H,49,57)(H,50,58)/t32-,33-,34-,36-,37+,38+/m1/s1. The molecule has 2 aromatic carbocycles. The maximum absolute atomic E-state index is 14.6. The van der Waals surface area contributed by atoms with Crippen LogP contribution in [0.1, 0.15) is 84.0 Å². The van der Waals surface area contributed by atoms with Gasteiger partial charge in [-0.15, -0.1) is 11.3 Å². The topological polar surface area (TPSA) is 230 Å². The number of hydrogen-bond acceptors (Lipinski definition) is 14. The van der Waals surface area contributed by atoms with Crippen LogP contribution in [0.3, 0.4) is 0 Å². The zero-order valence-electron chi connectivity index (χ0n) is 35.7. The van der Waals surface area contributed by atoms with Crippen molar-refractivity contribution in [2.24, 2.45) is 0 Å². The summed E-state index contributed by atoms with van der Waals surface area (Å²) in [4.78, 5) is 67.9. The molecule has 4 amide bonds. The van der Waals surface area contributed by atoms with E-state index in [2.05, 4.69) is 30.9 Å². The Hall–Kier alpha value is -6.50. The molecule has 0 aliphatic carbocycles. The minimum Gasteiger partial charge on any atom is -0.444 e. The molecule has 18 heteroatoms. The van der Waals surface area contributed by atoms with E-state index in [9.17, 15) is 29.4 Å². The average Bonchev–Trinajstić information content (AvgIpc) is 4.16. The van der Waals surface area contributed by atoms with Gasteiger partial charge in [-0.1, -0.05) is 59.7 Å². The maximum Gasteiger partial charge on any atom is 0.243 e. The highest BCUT2D eigenvalue weighted by atomic mass is 32.1. The van der Waals surface area contributed by atoms with Crippen LogP contribution in [-0.4, -0.2) is 101 Å². The summed E-state index contributed by atoms with van der Waals surface area (Å²) >= 11 is 1.54. The van der Waals surface area contributed by atoms with Crippen LogP contribution < -0.4 is 10.6 Å². The van der Waals surface area contributed by atoms with Gasteiger partial charge in [0.2, 0.25) is 23.6 Å².